The van der Waals surface area contributed by atoms with Crippen LogP contribution >= 0.6 is 11.3 Å². The fourth-order valence-corrected chi connectivity index (χ4v) is 3.11. The summed E-state index contributed by atoms with van der Waals surface area (Å²) in [6.07, 6.45) is 2.47. The summed E-state index contributed by atoms with van der Waals surface area (Å²) in [6.45, 7) is 2.28. The van der Waals surface area contributed by atoms with E-state index in [0.717, 1.165) is 16.9 Å². The van der Waals surface area contributed by atoms with E-state index in [2.05, 4.69) is 10.1 Å². The zero-order valence-corrected chi connectivity index (χ0v) is 13.2. The lowest BCUT2D eigenvalue weighted by Crippen LogP contribution is -2.02. The molecule has 5 nitrogen and oxygen atoms in total. The smallest absolute Gasteiger partial charge is 0.347 e. The molecular weight excluding hydrogens is 317 g/mol. The third-order valence-corrected chi connectivity index (χ3v) is 4.54. The van der Waals surface area contributed by atoms with Crippen molar-refractivity contribution in [3.63, 3.8) is 0 Å². The van der Waals surface area contributed by atoms with Gasteiger partial charge in [-0.2, -0.15) is 5.10 Å². The van der Waals surface area contributed by atoms with Crippen molar-refractivity contribution in [2.75, 3.05) is 0 Å². The zero-order valence-electron chi connectivity index (χ0n) is 12.4. The number of carbonyl (C=O) groups is 1. The molecule has 0 amide bonds. The highest BCUT2D eigenvalue weighted by atomic mass is 32.1. The molecule has 23 heavy (non-hydrogen) atoms. The van der Waals surface area contributed by atoms with E-state index in [9.17, 15) is 9.18 Å². The molecule has 0 saturated carbocycles. The van der Waals surface area contributed by atoms with Crippen molar-refractivity contribution in [3.8, 4) is 10.7 Å². The van der Waals surface area contributed by atoms with E-state index >= 15 is 0 Å². The molecule has 7 heteroatoms. The van der Waals surface area contributed by atoms with Crippen molar-refractivity contribution in [1.82, 2.24) is 14.8 Å². The minimum atomic E-state index is -0.975. The van der Waals surface area contributed by atoms with Crippen molar-refractivity contribution in [3.05, 3.63) is 58.5 Å². The first-order valence-corrected chi connectivity index (χ1v) is 7.83. The van der Waals surface area contributed by atoms with E-state index in [0.29, 0.717) is 29.4 Å². The van der Waals surface area contributed by atoms with E-state index in [-0.39, 0.29) is 10.7 Å². The number of hydrogen-bond donors (Lipinski definition) is 1. The lowest BCUT2D eigenvalue weighted by Gasteiger charge is -2.02. The van der Waals surface area contributed by atoms with Crippen LogP contribution in [0.25, 0.3) is 10.7 Å². The maximum absolute atomic E-state index is 13.1. The van der Waals surface area contributed by atoms with Crippen LogP contribution in [0.1, 0.15) is 20.9 Å². The Labute approximate surface area is 136 Å². The molecule has 0 radical (unpaired) electrons. The first-order chi connectivity index (χ1) is 11.0. The first-order valence-electron chi connectivity index (χ1n) is 7.02. The maximum atomic E-state index is 13.1. The number of benzene rings is 1. The van der Waals surface area contributed by atoms with Gasteiger partial charge in [-0.05, 0) is 37.1 Å². The van der Waals surface area contributed by atoms with Crippen LogP contribution in [0.5, 0.6) is 0 Å². The van der Waals surface area contributed by atoms with Crippen LogP contribution in [-0.2, 0) is 13.0 Å². The Hall–Kier alpha value is -2.54. The third kappa shape index (κ3) is 3.45. The van der Waals surface area contributed by atoms with Gasteiger partial charge in [0, 0.05) is 12.7 Å². The second kappa shape index (κ2) is 6.29. The third-order valence-electron chi connectivity index (χ3n) is 3.37. The van der Waals surface area contributed by atoms with Gasteiger partial charge in [0.05, 0.1) is 5.69 Å². The Balaban J connectivity index is 1.73. The molecule has 3 rings (SSSR count). The van der Waals surface area contributed by atoms with Gasteiger partial charge < -0.3 is 5.11 Å². The van der Waals surface area contributed by atoms with Crippen molar-refractivity contribution in [1.29, 1.82) is 0 Å². The molecular formula is C16H14FN3O2S. The number of aromatic carboxylic acids is 1. The number of carboxylic acids is 1. The molecule has 0 saturated heterocycles. The average molecular weight is 331 g/mol. The van der Waals surface area contributed by atoms with Gasteiger partial charge in [0.1, 0.15) is 21.4 Å². The maximum Gasteiger partial charge on any atom is 0.347 e. The van der Waals surface area contributed by atoms with Crippen molar-refractivity contribution < 1.29 is 14.3 Å². The number of aryl methyl sites for hydroxylation is 3. The number of nitrogens with zero attached hydrogens (tertiary/aromatic N) is 3. The van der Waals surface area contributed by atoms with Gasteiger partial charge in [0.15, 0.2) is 0 Å². The Morgan fingerprint density at radius 2 is 2.22 bits per heavy atom. The molecule has 118 valence electrons. The summed E-state index contributed by atoms with van der Waals surface area (Å²) in [5.41, 5.74) is 2.04. The highest BCUT2D eigenvalue weighted by Gasteiger charge is 2.16. The Bertz CT molecular complexity index is 857. The molecule has 2 aromatic heterocycles. The van der Waals surface area contributed by atoms with Gasteiger partial charge in [-0.25, -0.2) is 14.2 Å². The lowest BCUT2D eigenvalue weighted by atomic mass is 10.1. The second-order valence-electron chi connectivity index (χ2n) is 5.08. The number of thiazole rings is 1. The fourth-order valence-electron chi connectivity index (χ4n) is 2.24. The van der Waals surface area contributed by atoms with E-state index in [1.165, 1.54) is 12.1 Å². The molecule has 3 aromatic rings. The van der Waals surface area contributed by atoms with Crippen molar-refractivity contribution >= 4 is 17.3 Å². The number of hydrogen-bond acceptors (Lipinski definition) is 4. The molecule has 0 aliphatic carbocycles. The molecule has 2 heterocycles. The Morgan fingerprint density at radius 3 is 2.91 bits per heavy atom. The molecule has 0 atom stereocenters. The molecule has 1 aromatic carbocycles. The van der Waals surface area contributed by atoms with Crippen LogP contribution in [0.4, 0.5) is 4.39 Å². The number of aromatic nitrogens is 3. The predicted molar refractivity (Wildman–Crippen MR) is 85.1 cm³/mol. The SMILES string of the molecule is Cc1nc(-c2ccn(CCc3cccc(F)c3)n2)sc1C(=O)O. The summed E-state index contributed by atoms with van der Waals surface area (Å²) >= 11 is 1.11. The van der Waals surface area contributed by atoms with Crippen LogP contribution in [0, 0.1) is 12.7 Å². The monoisotopic (exact) mass is 331 g/mol. The molecule has 0 spiro atoms. The average Bonchev–Trinajstić information content (AvgIpc) is 3.11. The minimum Gasteiger partial charge on any atom is -0.477 e. The topological polar surface area (TPSA) is 68.0 Å². The minimum absolute atomic E-state index is 0.231. The number of carboxylic acid groups (broad SMARTS) is 1. The molecule has 0 aliphatic rings. The standard InChI is InChI=1S/C16H14FN3O2S/c1-10-14(16(21)22)23-15(18-10)13-6-8-20(19-13)7-5-11-3-2-4-12(17)9-11/h2-4,6,8-9H,5,7H2,1H3,(H,21,22). The predicted octanol–water partition coefficient (Wildman–Crippen LogP) is 3.40. The van der Waals surface area contributed by atoms with Gasteiger partial charge >= 0.3 is 5.97 Å². The van der Waals surface area contributed by atoms with Crippen LogP contribution < -0.4 is 0 Å². The van der Waals surface area contributed by atoms with Gasteiger partial charge in [-0.1, -0.05) is 12.1 Å². The summed E-state index contributed by atoms with van der Waals surface area (Å²) in [5.74, 6) is -1.22. The van der Waals surface area contributed by atoms with E-state index in [1.54, 1.807) is 23.7 Å². The quantitative estimate of drug-likeness (QED) is 0.778. The van der Waals surface area contributed by atoms with E-state index in [1.807, 2.05) is 12.3 Å². The number of halogens is 1. The molecule has 0 aliphatic heterocycles. The highest BCUT2D eigenvalue weighted by Crippen LogP contribution is 2.26. The van der Waals surface area contributed by atoms with Gasteiger partial charge in [0.2, 0.25) is 0 Å². The summed E-state index contributed by atoms with van der Waals surface area (Å²) in [6, 6.07) is 8.28. The summed E-state index contributed by atoms with van der Waals surface area (Å²) in [5, 5.41) is 14.1. The fraction of sp³-hybridized carbons (Fsp3) is 0.188. The summed E-state index contributed by atoms with van der Waals surface area (Å²) in [4.78, 5) is 15.6. The highest BCUT2D eigenvalue weighted by molar-refractivity contribution is 7.17. The van der Waals surface area contributed by atoms with E-state index < -0.39 is 5.97 Å². The van der Waals surface area contributed by atoms with Gasteiger partial charge in [-0.15, -0.1) is 11.3 Å². The van der Waals surface area contributed by atoms with Crippen LogP contribution in [0.15, 0.2) is 36.5 Å². The zero-order chi connectivity index (χ0) is 16.4. The summed E-state index contributed by atoms with van der Waals surface area (Å²) < 4.78 is 14.9. The molecule has 0 bridgehead atoms. The molecule has 1 N–H and O–H groups in total. The van der Waals surface area contributed by atoms with Crippen LogP contribution in [0.2, 0.25) is 0 Å². The van der Waals surface area contributed by atoms with E-state index in [4.69, 9.17) is 5.11 Å². The van der Waals surface area contributed by atoms with Crippen LogP contribution in [0.3, 0.4) is 0 Å². The summed E-state index contributed by atoms with van der Waals surface area (Å²) in [7, 11) is 0. The molecule has 0 fully saturated rings. The number of rotatable bonds is 5. The van der Waals surface area contributed by atoms with Crippen molar-refractivity contribution in [2.24, 2.45) is 0 Å². The Morgan fingerprint density at radius 1 is 1.39 bits per heavy atom. The Kier molecular flexibility index (Phi) is 4.20. The lowest BCUT2D eigenvalue weighted by molar-refractivity contribution is 0.0701. The van der Waals surface area contributed by atoms with Crippen molar-refractivity contribution in [2.45, 2.75) is 19.9 Å². The molecule has 0 unspecified atom stereocenters. The van der Waals surface area contributed by atoms with Gasteiger partial charge in [0.25, 0.3) is 0 Å². The largest absolute Gasteiger partial charge is 0.477 e. The van der Waals surface area contributed by atoms with Crippen LogP contribution in [-0.4, -0.2) is 25.8 Å². The second-order valence-corrected chi connectivity index (χ2v) is 6.08. The first kappa shape index (κ1) is 15.4. The van der Waals surface area contributed by atoms with Gasteiger partial charge in [-0.3, -0.25) is 4.68 Å². The normalized spacial score (nSPS) is 10.9.